The second kappa shape index (κ2) is 10.9. The Kier molecular flexibility index (Phi) is 8.25. The lowest BCUT2D eigenvalue weighted by molar-refractivity contribution is 0.0323. The Labute approximate surface area is 174 Å². The van der Waals surface area contributed by atoms with Crippen molar-refractivity contribution in [2.75, 3.05) is 63.9 Å². The number of guanidine groups is 1. The molecule has 156 valence electrons. The van der Waals surface area contributed by atoms with Crippen molar-refractivity contribution >= 4 is 23.2 Å². The van der Waals surface area contributed by atoms with E-state index in [1.54, 1.807) is 0 Å². The van der Waals surface area contributed by atoms with Gasteiger partial charge in [0.1, 0.15) is 0 Å². The third-order valence-electron chi connectivity index (χ3n) is 5.28. The van der Waals surface area contributed by atoms with Crippen molar-refractivity contribution in [3.63, 3.8) is 0 Å². The van der Waals surface area contributed by atoms with E-state index >= 15 is 0 Å². The van der Waals surface area contributed by atoms with Crippen LogP contribution >= 0.6 is 11.6 Å². The van der Waals surface area contributed by atoms with Crippen molar-refractivity contribution in [1.82, 2.24) is 15.5 Å². The first-order chi connectivity index (χ1) is 13.6. The summed E-state index contributed by atoms with van der Waals surface area (Å²) in [5, 5.41) is 7.81. The van der Waals surface area contributed by atoms with Gasteiger partial charge in [-0.25, -0.2) is 0 Å². The van der Waals surface area contributed by atoms with E-state index in [0.29, 0.717) is 12.0 Å². The molecule has 0 saturated carbocycles. The van der Waals surface area contributed by atoms with E-state index in [9.17, 15) is 0 Å². The van der Waals surface area contributed by atoms with Gasteiger partial charge in [-0.1, -0.05) is 24.6 Å². The maximum Gasteiger partial charge on any atom is 0.191 e. The molecule has 28 heavy (non-hydrogen) atoms. The lowest BCUT2D eigenvalue weighted by atomic mass is 10.1. The van der Waals surface area contributed by atoms with Crippen LogP contribution in [0.4, 0.5) is 5.69 Å². The zero-order valence-electron chi connectivity index (χ0n) is 17.2. The molecular formula is C21H34ClN5O. The molecule has 2 atom stereocenters. The molecule has 6 nitrogen and oxygen atoms in total. The Balaban J connectivity index is 1.49. The van der Waals surface area contributed by atoms with Crippen LogP contribution in [-0.4, -0.2) is 75.9 Å². The zero-order valence-corrected chi connectivity index (χ0v) is 17.9. The molecule has 1 aromatic carbocycles. The molecule has 2 fully saturated rings. The van der Waals surface area contributed by atoms with E-state index in [2.05, 4.69) is 40.3 Å². The SMILES string of the molecule is CCNC(=NCC(C)CN1CCOCC1)NC1CCN(c2cccc(Cl)c2)C1. The quantitative estimate of drug-likeness (QED) is 0.537. The minimum absolute atomic E-state index is 0.395. The molecule has 2 aliphatic rings. The molecule has 1 aromatic rings. The van der Waals surface area contributed by atoms with Crippen LogP contribution in [0.1, 0.15) is 20.3 Å². The average Bonchev–Trinajstić information content (AvgIpc) is 3.16. The molecule has 2 heterocycles. The van der Waals surface area contributed by atoms with Crippen LogP contribution in [0, 0.1) is 5.92 Å². The molecule has 2 aliphatic heterocycles. The summed E-state index contributed by atoms with van der Waals surface area (Å²) in [4.78, 5) is 9.71. The number of nitrogens with zero attached hydrogens (tertiary/aromatic N) is 3. The predicted octanol–water partition coefficient (Wildman–Crippen LogP) is 2.44. The van der Waals surface area contributed by atoms with Crippen LogP contribution < -0.4 is 15.5 Å². The number of morpholine rings is 1. The molecule has 2 saturated heterocycles. The van der Waals surface area contributed by atoms with Crippen LogP contribution in [0.15, 0.2) is 29.3 Å². The summed E-state index contributed by atoms with van der Waals surface area (Å²) < 4.78 is 5.43. The molecule has 2 N–H and O–H groups in total. The summed E-state index contributed by atoms with van der Waals surface area (Å²) in [5.41, 5.74) is 1.19. The van der Waals surface area contributed by atoms with Crippen molar-refractivity contribution < 1.29 is 4.74 Å². The molecule has 0 radical (unpaired) electrons. The Morgan fingerprint density at radius 1 is 1.32 bits per heavy atom. The van der Waals surface area contributed by atoms with E-state index in [1.165, 1.54) is 5.69 Å². The van der Waals surface area contributed by atoms with Gasteiger partial charge in [0.25, 0.3) is 0 Å². The van der Waals surface area contributed by atoms with Crippen molar-refractivity contribution in [3.05, 3.63) is 29.3 Å². The number of hydrogen-bond donors (Lipinski definition) is 2. The van der Waals surface area contributed by atoms with E-state index < -0.39 is 0 Å². The second-order valence-corrected chi connectivity index (χ2v) is 8.23. The first kappa shape index (κ1) is 21.2. The van der Waals surface area contributed by atoms with Gasteiger partial charge in [-0.15, -0.1) is 0 Å². The van der Waals surface area contributed by atoms with Crippen molar-refractivity contribution in [2.45, 2.75) is 26.3 Å². The minimum Gasteiger partial charge on any atom is -0.379 e. The zero-order chi connectivity index (χ0) is 19.8. The number of aliphatic imine (C=N–C) groups is 1. The van der Waals surface area contributed by atoms with Crippen molar-refractivity contribution in [2.24, 2.45) is 10.9 Å². The van der Waals surface area contributed by atoms with Crippen LogP contribution in [0.5, 0.6) is 0 Å². The Bertz CT molecular complexity index is 635. The number of nitrogens with one attached hydrogen (secondary N) is 2. The summed E-state index contributed by atoms with van der Waals surface area (Å²) in [7, 11) is 0. The van der Waals surface area contributed by atoms with Gasteiger partial charge in [0, 0.05) is 62.6 Å². The number of rotatable bonds is 7. The first-order valence-electron chi connectivity index (χ1n) is 10.5. The lowest BCUT2D eigenvalue weighted by Crippen LogP contribution is -2.45. The van der Waals surface area contributed by atoms with Crippen LogP contribution in [0.25, 0.3) is 0 Å². The van der Waals surface area contributed by atoms with Crippen LogP contribution in [-0.2, 0) is 4.74 Å². The maximum atomic E-state index is 6.14. The number of ether oxygens (including phenoxy) is 1. The summed E-state index contributed by atoms with van der Waals surface area (Å²) in [5.74, 6) is 1.45. The second-order valence-electron chi connectivity index (χ2n) is 7.79. The molecule has 0 aliphatic carbocycles. The normalized spacial score (nSPS) is 22.3. The van der Waals surface area contributed by atoms with Crippen LogP contribution in [0.3, 0.4) is 0 Å². The van der Waals surface area contributed by atoms with Gasteiger partial charge in [0.15, 0.2) is 5.96 Å². The standard InChI is InChI=1S/C21H34ClN5O/c1-3-23-21(24-14-17(2)15-26-9-11-28-12-10-26)25-19-7-8-27(16-19)20-6-4-5-18(22)13-20/h4-6,13,17,19H,3,7-12,14-16H2,1-2H3,(H2,23,24,25). The summed E-state index contributed by atoms with van der Waals surface area (Å²) in [6.07, 6.45) is 1.10. The molecule has 0 aromatic heterocycles. The predicted molar refractivity (Wildman–Crippen MR) is 118 cm³/mol. The van der Waals surface area contributed by atoms with E-state index in [4.69, 9.17) is 21.3 Å². The molecule has 0 spiro atoms. The highest BCUT2D eigenvalue weighted by molar-refractivity contribution is 6.30. The number of halogens is 1. The third kappa shape index (κ3) is 6.54. The first-order valence-corrected chi connectivity index (χ1v) is 10.9. The molecular weight excluding hydrogens is 374 g/mol. The van der Waals surface area contributed by atoms with Crippen molar-refractivity contribution in [1.29, 1.82) is 0 Å². The summed E-state index contributed by atoms with van der Waals surface area (Å²) >= 11 is 6.14. The Morgan fingerprint density at radius 3 is 2.89 bits per heavy atom. The topological polar surface area (TPSA) is 52.1 Å². The van der Waals surface area contributed by atoms with E-state index in [0.717, 1.165) is 76.4 Å². The molecule has 3 rings (SSSR count). The van der Waals surface area contributed by atoms with Gasteiger partial charge in [-0.3, -0.25) is 9.89 Å². The van der Waals surface area contributed by atoms with Gasteiger partial charge in [0.2, 0.25) is 0 Å². The van der Waals surface area contributed by atoms with E-state index in [1.807, 2.05) is 18.2 Å². The highest BCUT2D eigenvalue weighted by Gasteiger charge is 2.23. The number of anilines is 1. The molecule has 0 bridgehead atoms. The smallest absolute Gasteiger partial charge is 0.191 e. The van der Waals surface area contributed by atoms with Gasteiger partial charge >= 0.3 is 0 Å². The number of hydrogen-bond acceptors (Lipinski definition) is 4. The molecule has 7 heteroatoms. The average molecular weight is 408 g/mol. The lowest BCUT2D eigenvalue weighted by Gasteiger charge is -2.28. The summed E-state index contributed by atoms with van der Waals surface area (Å²) in [6.45, 7) is 12.9. The number of benzene rings is 1. The minimum atomic E-state index is 0.395. The van der Waals surface area contributed by atoms with Gasteiger partial charge in [-0.05, 0) is 37.5 Å². The maximum absolute atomic E-state index is 6.14. The highest BCUT2D eigenvalue weighted by Crippen LogP contribution is 2.23. The van der Waals surface area contributed by atoms with Gasteiger partial charge in [-0.2, -0.15) is 0 Å². The molecule has 0 amide bonds. The fraction of sp³-hybridized carbons (Fsp3) is 0.667. The highest BCUT2D eigenvalue weighted by atomic mass is 35.5. The summed E-state index contributed by atoms with van der Waals surface area (Å²) in [6, 6.07) is 8.49. The fourth-order valence-corrected chi connectivity index (χ4v) is 4.01. The largest absolute Gasteiger partial charge is 0.379 e. The van der Waals surface area contributed by atoms with E-state index in [-0.39, 0.29) is 0 Å². The third-order valence-corrected chi connectivity index (χ3v) is 5.52. The van der Waals surface area contributed by atoms with Crippen LogP contribution in [0.2, 0.25) is 5.02 Å². The van der Waals surface area contributed by atoms with Crippen molar-refractivity contribution in [3.8, 4) is 0 Å². The van der Waals surface area contributed by atoms with Gasteiger partial charge in [0.05, 0.1) is 13.2 Å². The van der Waals surface area contributed by atoms with Gasteiger partial charge < -0.3 is 20.3 Å². The molecule has 2 unspecified atom stereocenters. The fourth-order valence-electron chi connectivity index (χ4n) is 3.83. The monoisotopic (exact) mass is 407 g/mol. The Hall–Kier alpha value is -1.50. The Morgan fingerprint density at radius 2 is 2.14 bits per heavy atom.